The lowest BCUT2D eigenvalue weighted by Crippen LogP contribution is -2.11. The fourth-order valence-corrected chi connectivity index (χ4v) is 3.60. The van der Waals surface area contributed by atoms with Gasteiger partial charge in [-0.1, -0.05) is 42.5 Å². The number of hydrogen-bond acceptors (Lipinski definition) is 5. The van der Waals surface area contributed by atoms with Crippen LogP contribution in [0.15, 0.2) is 67.0 Å². The van der Waals surface area contributed by atoms with Crippen molar-refractivity contribution in [2.24, 2.45) is 5.73 Å². The molecular formula is C24H23N5O. The van der Waals surface area contributed by atoms with E-state index in [1.54, 1.807) is 18.2 Å². The number of fused-ring (bicyclic) bond motifs is 1. The molecular weight excluding hydrogens is 374 g/mol. The van der Waals surface area contributed by atoms with Gasteiger partial charge in [0.1, 0.15) is 23.7 Å². The summed E-state index contributed by atoms with van der Waals surface area (Å²) in [5.74, 6) is 0.501. The van der Waals surface area contributed by atoms with Gasteiger partial charge in [0, 0.05) is 18.2 Å². The van der Waals surface area contributed by atoms with Crippen molar-refractivity contribution in [2.45, 2.75) is 13.3 Å². The monoisotopic (exact) mass is 397 g/mol. The Labute approximate surface area is 174 Å². The first-order valence-corrected chi connectivity index (χ1v) is 9.74. The predicted molar refractivity (Wildman–Crippen MR) is 121 cm³/mol. The molecule has 4 aromatic rings. The quantitative estimate of drug-likeness (QED) is 0.287. The van der Waals surface area contributed by atoms with E-state index in [9.17, 15) is 5.11 Å². The lowest BCUT2D eigenvalue weighted by Gasteiger charge is -2.11. The van der Waals surface area contributed by atoms with Gasteiger partial charge < -0.3 is 16.2 Å². The Kier molecular flexibility index (Phi) is 5.30. The summed E-state index contributed by atoms with van der Waals surface area (Å²) in [6.07, 6.45) is 2.37. The van der Waals surface area contributed by atoms with Crippen LogP contribution in [0.3, 0.4) is 0 Å². The fraction of sp³-hybridized carbons (Fsp3) is 0.125. The number of aromatic nitrogens is 2. The number of nitrogens with zero attached hydrogens (tertiary/aromatic N) is 2. The second-order valence-corrected chi connectivity index (χ2v) is 7.18. The van der Waals surface area contributed by atoms with E-state index in [0.29, 0.717) is 17.1 Å². The highest BCUT2D eigenvalue weighted by Gasteiger charge is 2.09. The van der Waals surface area contributed by atoms with E-state index in [-0.39, 0.29) is 11.6 Å². The number of rotatable bonds is 6. The van der Waals surface area contributed by atoms with Gasteiger partial charge in [-0.05, 0) is 47.4 Å². The minimum atomic E-state index is -0.173. The molecule has 0 bridgehead atoms. The number of benzene rings is 3. The summed E-state index contributed by atoms with van der Waals surface area (Å²) in [7, 11) is 0. The number of nitrogens with two attached hydrogens (primary N) is 1. The molecule has 0 spiro atoms. The Hall–Kier alpha value is -3.93. The van der Waals surface area contributed by atoms with E-state index in [2.05, 4.69) is 58.6 Å². The highest BCUT2D eigenvalue weighted by Crippen LogP contribution is 2.26. The fourth-order valence-electron chi connectivity index (χ4n) is 3.60. The van der Waals surface area contributed by atoms with E-state index < -0.39 is 0 Å². The molecule has 1 aromatic heterocycles. The van der Waals surface area contributed by atoms with Crippen molar-refractivity contribution >= 4 is 22.4 Å². The van der Waals surface area contributed by atoms with Gasteiger partial charge in [-0.15, -0.1) is 0 Å². The topological polar surface area (TPSA) is 108 Å². The molecule has 6 nitrogen and oxygen atoms in total. The molecule has 0 aliphatic rings. The second-order valence-electron chi connectivity index (χ2n) is 7.18. The number of nitrogen functional groups attached to an aromatic ring is 1. The van der Waals surface area contributed by atoms with Crippen LogP contribution in [0, 0.1) is 12.3 Å². The molecule has 0 saturated heterocycles. The van der Waals surface area contributed by atoms with Gasteiger partial charge in [0.2, 0.25) is 0 Å². The molecule has 0 radical (unpaired) electrons. The molecule has 0 amide bonds. The van der Waals surface area contributed by atoms with Crippen molar-refractivity contribution in [1.82, 2.24) is 9.97 Å². The number of hydrogen-bond donors (Lipinski definition) is 4. The SMILES string of the molecule is Cc1c(CCNc2cc(-c3ccc(C(=N)N)c(O)c3)ncn2)ccc2ccccc12. The normalized spacial score (nSPS) is 10.8. The minimum Gasteiger partial charge on any atom is -0.507 e. The lowest BCUT2D eigenvalue weighted by atomic mass is 9.98. The smallest absolute Gasteiger partial charge is 0.129 e. The Morgan fingerprint density at radius 2 is 1.90 bits per heavy atom. The van der Waals surface area contributed by atoms with Crippen LogP contribution in [0.25, 0.3) is 22.0 Å². The van der Waals surface area contributed by atoms with Crippen molar-refractivity contribution < 1.29 is 5.11 Å². The van der Waals surface area contributed by atoms with Crippen LogP contribution in [-0.4, -0.2) is 27.5 Å². The number of aromatic hydroxyl groups is 1. The van der Waals surface area contributed by atoms with Gasteiger partial charge in [0.25, 0.3) is 0 Å². The first-order valence-electron chi connectivity index (χ1n) is 9.74. The molecule has 6 heteroatoms. The summed E-state index contributed by atoms with van der Waals surface area (Å²) in [5.41, 5.74) is 9.78. The molecule has 0 fully saturated rings. The third-order valence-corrected chi connectivity index (χ3v) is 5.26. The molecule has 150 valence electrons. The minimum absolute atomic E-state index is 0.0418. The van der Waals surface area contributed by atoms with Gasteiger partial charge in [0.15, 0.2) is 0 Å². The summed E-state index contributed by atoms with van der Waals surface area (Å²) in [6, 6.07) is 19.6. The highest BCUT2D eigenvalue weighted by atomic mass is 16.3. The third-order valence-electron chi connectivity index (χ3n) is 5.26. The highest BCUT2D eigenvalue weighted by molar-refractivity contribution is 5.98. The van der Waals surface area contributed by atoms with Gasteiger partial charge >= 0.3 is 0 Å². The molecule has 30 heavy (non-hydrogen) atoms. The molecule has 0 saturated carbocycles. The zero-order valence-corrected chi connectivity index (χ0v) is 16.7. The maximum atomic E-state index is 10.1. The number of phenolic OH excluding ortho intramolecular Hbond substituents is 1. The summed E-state index contributed by atoms with van der Waals surface area (Å²) in [6.45, 7) is 2.90. The van der Waals surface area contributed by atoms with Gasteiger partial charge in [-0.25, -0.2) is 9.97 Å². The number of anilines is 1. The molecule has 0 atom stereocenters. The van der Waals surface area contributed by atoms with Gasteiger partial charge in [0.05, 0.1) is 11.3 Å². The van der Waals surface area contributed by atoms with Crippen LogP contribution in [0.1, 0.15) is 16.7 Å². The summed E-state index contributed by atoms with van der Waals surface area (Å²) in [5, 5.41) is 23.5. The summed E-state index contributed by atoms with van der Waals surface area (Å²) >= 11 is 0. The van der Waals surface area contributed by atoms with Crippen molar-refractivity contribution in [3.8, 4) is 17.0 Å². The van der Waals surface area contributed by atoms with Crippen molar-refractivity contribution in [1.29, 1.82) is 5.41 Å². The first kappa shape index (κ1) is 19.4. The molecule has 1 heterocycles. The Bertz CT molecular complexity index is 1240. The second kappa shape index (κ2) is 8.21. The molecule has 0 unspecified atom stereocenters. The van der Waals surface area contributed by atoms with E-state index in [1.165, 1.54) is 28.2 Å². The maximum absolute atomic E-state index is 10.1. The Balaban J connectivity index is 1.47. The van der Waals surface area contributed by atoms with Crippen molar-refractivity contribution in [3.63, 3.8) is 0 Å². The number of nitrogens with one attached hydrogen (secondary N) is 2. The van der Waals surface area contributed by atoms with Gasteiger partial charge in [-0.3, -0.25) is 5.41 Å². The maximum Gasteiger partial charge on any atom is 0.129 e. The molecule has 0 aliphatic carbocycles. The Morgan fingerprint density at radius 1 is 1.07 bits per heavy atom. The van der Waals surface area contributed by atoms with E-state index in [0.717, 1.165) is 18.5 Å². The average Bonchev–Trinajstić information content (AvgIpc) is 2.75. The third kappa shape index (κ3) is 3.93. The standard InChI is InChI=1S/C24H23N5O/c1-15-16(6-7-17-4-2-3-5-19(15)17)10-11-27-23-13-21(28-14-29-23)18-8-9-20(24(25)26)22(30)12-18/h2-9,12-14,30H,10-11H2,1H3,(H3,25,26)(H,27,28,29). The van der Waals surface area contributed by atoms with Crippen LogP contribution < -0.4 is 11.1 Å². The molecule has 4 rings (SSSR count). The van der Waals surface area contributed by atoms with Gasteiger partial charge in [-0.2, -0.15) is 0 Å². The molecule has 0 aliphatic heterocycles. The number of aryl methyl sites for hydroxylation is 1. The van der Waals surface area contributed by atoms with Crippen molar-refractivity contribution in [2.75, 3.05) is 11.9 Å². The van der Waals surface area contributed by atoms with E-state index in [4.69, 9.17) is 11.1 Å². The Morgan fingerprint density at radius 3 is 2.70 bits per heavy atom. The number of phenols is 1. The zero-order chi connectivity index (χ0) is 21.1. The summed E-state index contributed by atoms with van der Waals surface area (Å²) < 4.78 is 0. The zero-order valence-electron chi connectivity index (χ0n) is 16.7. The van der Waals surface area contributed by atoms with Crippen LogP contribution in [0.4, 0.5) is 5.82 Å². The molecule has 3 aromatic carbocycles. The van der Waals surface area contributed by atoms with Crippen LogP contribution in [0.2, 0.25) is 0 Å². The number of amidine groups is 1. The predicted octanol–water partition coefficient (Wildman–Crippen LogP) is 4.25. The van der Waals surface area contributed by atoms with Crippen LogP contribution in [0.5, 0.6) is 5.75 Å². The largest absolute Gasteiger partial charge is 0.507 e. The lowest BCUT2D eigenvalue weighted by molar-refractivity contribution is 0.474. The van der Waals surface area contributed by atoms with E-state index in [1.807, 2.05) is 6.07 Å². The first-order chi connectivity index (χ1) is 14.5. The van der Waals surface area contributed by atoms with E-state index >= 15 is 0 Å². The average molecular weight is 397 g/mol. The van der Waals surface area contributed by atoms with Crippen LogP contribution in [-0.2, 0) is 6.42 Å². The van der Waals surface area contributed by atoms with Crippen molar-refractivity contribution in [3.05, 3.63) is 83.7 Å². The van der Waals surface area contributed by atoms with Crippen LogP contribution >= 0.6 is 0 Å². The summed E-state index contributed by atoms with van der Waals surface area (Å²) in [4.78, 5) is 8.59. The molecule has 5 N–H and O–H groups in total.